The van der Waals surface area contributed by atoms with Gasteiger partial charge in [-0.25, -0.2) is 0 Å². The maximum absolute atomic E-state index is 13.2. The van der Waals surface area contributed by atoms with Crippen LogP contribution in [0, 0.1) is 11.8 Å². The third kappa shape index (κ3) is 2.57. The number of carboxylic acids is 1. The van der Waals surface area contributed by atoms with Crippen LogP contribution in [0.5, 0.6) is 0 Å². The van der Waals surface area contributed by atoms with E-state index in [0.29, 0.717) is 12.2 Å². The van der Waals surface area contributed by atoms with Gasteiger partial charge in [-0.2, -0.15) is 0 Å². The quantitative estimate of drug-likeness (QED) is 0.780. The lowest BCUT2D eigenvalue weighted by Crippen LogP contribution is -2.57. The van der Waals surface area contributed by atoms with E-state index in [2.05, 4.69) is 5.32 Å². The number of furan rings is 1. The minimum atomic E-state index is -1.47. The zero-order valence-corrected chi connectivity index (χ0v) is 15.6. The van der Waals surface area contributed by atoms with Crippen LogP contribution in [-0.4, -0.2) is 38.9 Å². The van der Waals surface area contributed by atoms with Crippen molar-refractivity contribution in [3.8, 4) is 0 Å². The van der Waals surface area contributed by atoms with Crippen LogP contribution in [0.15, 0.2) is 22.8 Å². The van der Waals surface area contributed by atoms with Gasteiger partial charge in [0.2, 0.25) is 11.8 Å². The van der Waals surface area contributed by atoms with Crippen molar-refractivity contribution in [1.82, 2.24) is 10.2 Å². The van der Waals surface area contributed by atoms with Crippen molar-refractivity contribution < 1.29 is 23.9 Å². The van der Waals surface area contributed by atoms with Crippen molar-refractivity contribution in [2.45, 2.75) is 64.1 Å². The van der Waals surface area contributed by atoms with Crippen LogP contribution in [-0.2, 0) is 14.4 Å². The van der Waals surface area contributed by atoms with Gasteiger partial charge in [0.1, 0.15) is 11.3 Å². The van der Waals surface area contributed by atoms with Crippen molar-refractivity contribution >= 4 is 17.8 Å². The van der Waals surface area contributed by atoms with Crippen LogP contribution in [0.25, 0.3) is 0 Å². The molecule has 3 rings (SSSR count). The second kappa shape index (κ2) is 6.23. The summed E-state index contributed by atoms with van der Waals surface area (Å²) in [5.41, 5.74) is -2.17. The topological polar surface area (TPSA) is 99.8 Å². The predicted molar refractivity (Wildman–Crippen MR) is 93.1 cm³/mol. The summed E-state index contributed by atoms with van der Waals surface area (Å²) < 4.78 is 5.47. The molecule has 0 aliphatic carbocycles. The fraction of sp³-hybridized carbons (Fsp3) is 0.632. The van der Waals surface area contributed by atoms with Crippen molar-refractivity contribution in [1.29, 1.82) is 0 Å². The first-order valence-corrected chi connectivity index (χ1v) is 9.07. The SMILES string of the molecule is CCCCC1(C(=O)O)NC(c2ccco2)C2C(=O)N(C(C)(C)C)C(=O)C21. The lowest BCUT2D eigenvalue weighted by atomic mass is 9.77. The number of imide groups is 1. The first-order chi connectivity index (χ1) is 12.1. The molecule has 0 bridgehead atoms. The number of likely N-dealkylation sites (tertiary alicyclic amines) is 1. The largest absolute Gasteiger partial charge is 0.480 e. The van der Waals surface area contributed by atoms with Gasteiger partial charge in [-0.05, 0) is 39.3 Å². The molecule has 2 N–H and O–H groups in total. The number of amides is 2. The van der Waals surface area contributed by atoms with Crippen molar-refractivity contribution in [2.24, 2.45) is 11.8 Å². The summed E-state index contributed by atoms with van der Waals surface area (Å²) in [6, 6.07) is 2.78. The van der Waals surface area contributed by atoms with Crippen molar-refractivity contribution in [3.05, 3.63) is 24.2 Å². The molecular formula is C19H26N2O5. The second-order valence-electron chi connectivity index (χ2n) is 8.20. The van der Waals surface area contributed by atoms with Gasteiger partial charge in [0, 0.05) is 5.54 Å². The third-order valence-electron chi connectivity index (χ3n) is 5.48. The number of carboxylic acid groups (broad SMARTS) is 1. The Morgan fingerprint density at radius 2 is 2.04 bits per heavy atom. The number of hydrogen-bond acceptors (Lipinski definition) is 5. The van der Waals surface area contributed by atoms with E-state index in [9.17, 15) is 19.5 Å². The minimum Gasteiger partial charge on any atom is -0.480 e. The van der Waals surface area contributed by atoms with Gasteiger partial charge in [0.25, 0.3) is 0 Å². The van der Waals surface area contributed by atoms with Gasteiger partial charge >= 0.3 is 5.97 Å². The van der Waals surface area contributed by atoms with Crippen molar-refractivity contribution in [3.63, 3.8) is 0 Å². The highest BCUT2D eigenvalue weighted by molar-refractivity contribution is 6.10. The molecule has 1 aromatic rings. The Labute approximate surface area is 152 Å². The summed E-state index contributed by atoms with van der Waals surface area (Å²) in [4.78, 5) is 39.9. The lowest BCUT2D eigenvalue weighted by molar-refractivity contribution is -0.154. The molecule has 7 heteroatoms. The van der Waals surface area contributed by atoms with Crippen LogP contribution in [0.3, 0.4) is 0 Å². The Hall–Kier alpha value is -2.15. The van der Waals surface area contributed by atoms with E-state index in [0.717, 1.165) is 6.42 Å². The van der Waals surface area contributed by atoms with Gasteiger partial charge in [0.05, 0.1) is 24.1 Å². The van der Waals surface area contributed by atoms with Crippen LogP contribution < -0.4 is 5.32 Å². The summed E-state index contributed by atoms with van der Waals surface area (Å²) >= 11 is 0. The summed E-state index contributed by atoms with van der Waals surface area (Å²) in [6.07, 6.45) is 3.21. The van der Waals surface area contributed by atoms with E-state index in [-0.39, 0.29) is 12.3 Å². The maximum Gasteiger partial charge on any atom is 0.324 e. The number of aliphatic carboxylic acids is 1. The fourth-order valence-electron chi connectivity index (χ4n) is 4.36. The fourth-order valence-corrected chi connectivity index (χ4v) is 4.36. The van der Waals surface area contributed by atoms with Gasteiger partial charge in [-0.15, -0.1) is 0 Å². The molecule has 0 spiro atoms. The number of carbonyl (C=O) groups is 3. The van der Waals surface area contributed by atoms with E-state index < -0.39 is 40.8 Å². The maximum atomic E-state index is 13.2. The third-order valence-corrected chi connectivity index (χ3v) is 5.48. The smallest absolute Gasteiger partial charge is 0.324 e. The summed E-state index contributed by atoms with van der Waals surface area (Å²) in [6.45, 7) is 7.32. The van der Waals surface area contributed by atoms with Crippen LogP contribution in [0.2, 0.25) is 0 Å². The van der Waals surface area contributed by atoms with E-state index in [1.807, 2.05) is 6.92 Å². The van der Waals surface area contributed by atoms with E-state index in [4.69, 9.17) is 4.42 Å². The van der Waals surface area contributed by atoms with Gasteiger partial charge in [-0.3, -0.25) is 24.6 Å². The minimum absolute atomic E-state index is 0.286. The normalized spacial score (nSPS) is 31.5. The Balaban J connectivity index is 2.13. The number of fused-ring (bicyclic) bond motifs is 1. The Bertz CT molecular complexity index is 721. The molecule has 2 aliphatic rings. The summed E-state index contributed by atoms with van der Waals surface area (Å²) in [7, 11) is 0. The number of nitrogens with zero attached hydrogens (tertiary/aromatic N) is 1. The molecule has 1 aromatic heterocycles. The molecule has 0 aromatic carbocycles. The van der Waals surface area contributed by atoms with Gasteiger partial charge in [-0.1, -0.05) is 19.8 Å². The molecule has 3 heterocycles. The Morgan fingerprint density at radius 3 is 2.54 bits per heavy atom. The standard InChI is InChI=1S/C19H26N2O5/c1-5-6-9-19(17(24)25)13-12(14(20-19)11-8-7-10-26-11)15(22)21(16(13)23)18(2,3)4/h7-8,10,12-14,20H,5-6,9H2,1-4H3,(H,24,25). The van der Waals surface area contributed by atoms with Gasteiger partial charge in [0.15, 0.2) is 0 Å². The molecule has 0 saturated carbocycles. The highest BCUT2D eigenvalue weighted by atomic mass is 16.4. The molecule has 4 atom stereocenters. The molecule has 2 aliphatic heterocycles. The molecule has 26 heavy (non-hydrogen) atoms. The molecule has 142 valence electrons. The van der Waals surface area contributed by atoms with E-state index in [1.165, 1.54) is 11.2 Å². The van der Waals surface area contributed by atoms with Crippen molar-refractivity contribution in [2.75, 3.05) is 0 Å². The average molecular weight is 362 g/mol. The number of nitrogens with one attached hydrogen (secondary N) is 1. The van der Waals surface area contributed by atoms with Crippen LogP contribution in [0.1, 0.15) is 58.8 Å². The zero-order valence-electron chi connectivity index (χ0n) is 15.6. The van der Waals surface area contributed by atoms with Crippen LogP contribution >= 0.6 is 0 Å². The number of unbranched alkanes of at least 4 members (excludes halogenated alkanes) is 1. The monoisotopic (exact) mass is 362 g/mol. The molecule has 2 fully saturated rings. The summed E-state index contributed by atoms with van der Waals surface area (Å²) in [5.74, 6) is -3.06. The number of rotatable bonds is 5. The Kier molecular flexibility index (Phi) is 4.46. The first-order valence-electron chi connectivity index (χ1n) is 9.07. The number of carbonyl (C=O) groups excluding carboxylic acids is 2. The van der Waals surface area contributed by atoms with Gasteiger partial charge < -0.3 is 9.52 Å². The molecular weight excluding hydrogens is 336 g/mol. The molecule has 2 amide bonds. The highest BCUT2D eigenvalue weighted by Crippen LogP contribution is 2.51. The zero-order chi connectivity index (χ0) is 19.3. The molecule has 7 nitrogen and oxygen atoms in total. The number of hydrogen-bond donors (Lipinski definition) is 2. The lowest BCUT2D eigenvalue weighted by Gasteiger charge is -2.35. The first kappa shape index (κ1) is 18.6. The summed E-state index contributed by atoms with van der Waals surface area (Å²) in [5, 5.41) is 13.2. The average Bonchev–Trinajstić information content (AvgIpc) is 3.22. The Morgan fingerprint density at radius 1 is 1.35 bits per heavy atom. The second-order valence-corrected chi connectivity index (χ2v) is 8.20. The van der Waals surface area contributed by atoms with Crippen LogP contribution in [0.4, 0.5) is 0 Å². The molecule has 4 unspecified atom stereocenters. The molecule has 2 saturated heterocycles. The van der Waals surface area contributed by atoms with E-state index >= 15 is 0 Å². The molecule has 0 radical (unpaired) electrons. The predicted octanol–water partition coefficient (Wildman–Crippen LogP) is 2.34. The highest BCUT2D eigenvalue weighted by Gasteiger charge is 2.69. The van der Waals surface area contributed by atoms with E-state index in [1.54, 1.807) is 32.9 Å².